The maximum absolute atomic E-state index is 12.0. The molecular formula is C35H74N6O4. The third-order valence-electron chi connectivity index (χ3n) is 8.48. The number of hydrogen-bond donors (Lipinski definition) is 3. The van der Waals surface area contributed by atoms with Crippen molar-refractivity contribution in [3.63, 3.8) is 0 Å². The minimum Gasteiger partial charge on any atom is -0.380 e. The lowest BCUT2D eigenvalue weighted by Crippen LogP contribution is -2.51. The summed E-state index contributed by atoms with van der Waals surface area (Å²) in [7, 11) is 0. The molecule has 1 amide bonds. The summed E-state index contributed by atoms with van der Waals surface area (Å²) in [5.74, 6) is 0.975. The molecule has 1 atom stereocenters. The first kappa shape index (κ1) is 42.2. The van der Waals surface area contributed by atoms with Crippen LogP contribution in [-0.2, 0) is 19.0 Å². The summed E-state index contributed by atoms with van der Waals surface area (Å²) in [4.78, 5) is 19.5. The molecule has 0 aromatic carbocycles. The molecule has 2 heterocycles. The lowest BCUT2D eigenvalue weighted by Gasteiger charge is -2.39. The molecule has 2 aliphatic heterocycles. The second-order valence-electron chi connectivity index (χ2n) is 14.1. The number of nitrogens with one attached hydrogen (secondary N) is 3. The Bertz CT molecular complexity index is 710. The molecule has 3 N–H and O–H groups in total. The molecule has 10 heteroatoms. The molecule has 0 radical (unpaired) electrons. The summed E-state index contributed by atoms with van der Waals surface area (Å²) in [6, 6.07) is 1.72. The number of carbonyl (C=O) groups excluding carboxylic acids is 1. The maximum Gasteiger partial charge on any atom is 0.234 e. The highest BCUT2D eigenvalue weighted by molar-refractivity contribution is 5.78. The highest BCUT2D eigenvalue weighted by atomic mass is 16.5. The van der Waals surface area contributed by atoms with Crippen LogP contribution in [0, 0.1) is 5.92 Å². The average Bonchev–Trinajstić information content (AvgIpc) is 2.98. The van der Waals surface area contributed by atoms with Crippen LogP contribution >= 0.6 is 0 Å². The zero-order chi connectivity index (χ0) is 33.5. The highest BCUT2D eigenvalue weighted by Gasteiger charge is 2.25. The number of amides is 1. The minimum atomic E-state index is -0.121. The van der Waals surface area contributed by atoms with Crippen LogP contribution in [0.2, 0.25) is 0 Å². The van der Waals surface area contributed by atoms with Crippen LogP contribution in [0.5, 0.6) is 0 Å². The largest absolute Gasteiger partial charge is 0.380 e. The van der Waals surface area contributed by atoms with E-state index in [9.17, 15) is 4.79 Å². The van der Waals surface area contributed by atoms with Gasteiger partial charge in [-0.25, -0.2) is 0 Å². The van der Waals surface area contributed by atoms with Gasteiger partial charge in [0.15, 0.2) is 0 Å². The molecule has 0 bridgehead atoms. The van der Waals surface area contributed by atoms with Crippen LogP contribution < -0.4 is 16.0 Å². The lowest BCUT2D eigenvalue weighted by atomic mass is 9.95. The van der Waals surface area contributed by atoms with Crippen molar-refractivity contribution in [3.8, 4) is 0 Å². The third kappa shape index (κ3) is 22.4. The van der Waals surface area contributed by atoms with Crippen LogP contribution in [0.3, 0.4) is 0 Å². The number of rotatable bonds is 22. The molecule has 2 saturated heterocycles. The van der Waals surface area contributed by atoms with E-state index in [4.69, 9.17) is 14.2 Å². The first-order chi connectivity index (χ1) is 21.5. The van der Waals surface area contributed by atoms with Crippen LogP contribution in [0.25, 0.3) is 0 Å². The summed E-state index contributed by atoms with van der Waals surface area (Å²) in [6.07, 6.45) is 4.73. The van der Waals surface area contributed by atoms with E-state index in [1.165, 1.54) is 32.5 Å². The van der Waals surface area contributed by atoms with Gasteiger partial charge in [0.2, 0.25) is 5.91 Å². The normalized spacial score (nSPS) is 18.3. The van der Waals surface area contributed by atoms with E-state index in [-0.39, 0.29) is 11.5 Å². The second kappa shape index (κ2) is 25.2. The van der Waals surface area contributed by atoms with E-state index in [2.05, 4.69) is 86.0 Å². The zero-order valence-corrected chi connectivity index (χ0v) is 30.9. The van der Waals surface area contributed by atoms with E-state index < -0.39 is 0 Å². The number of piperazine rings is 1. The fourth-order valence-corrected chi connectivity index (χ4v) is 5.81. The molecule has 10 nitrogen and oxygen atoms in total. The summed E-state index contributed by atoms with van der Waals surface area (Å²) in [5, 5.41) is 9.80. The Balaban J connectivity index is 0.000000476. The zero-order valence-electron chi connectivity index (χ0n) is 30.9. The van der Waals surface area contributed by atoms with Crippen LogP contribution in [0.1, 0.15) is 88.0 Å². The van der Waals surface area contributed by atoms with E-state index in [1.807, 2.05) is 6.92 Å². The summed E-state index contributed by atoms with van der Waals surface area (Å²) in [5.41, 5.74) is -0.121. The van der Waals surface area contributed by atoms with Crippen LogP contribution in [0.15, 0.2) is 0 Å². The van der Waals surface area contributed by atoms with Gasteiger partial charge in [0.05, 0.1) is 25.4 Å². The topological polar surface area (TPSA) is 90.6 Å². The van der Waals surface area contributed by atoms with Crippen molar-refractivity contribution in [1.29, 1.82) is 0 Å². The molecule has 268 valence electrons. The van der Waals surface area contributed by atoms with Gasteiger partial charge in [0.25, 0.3) is 0 Å². The Morgan fingerprint density at radius 2 is 1.49 bits per heavy atom. The van der Waals surface area contributed by atoms with Crippen molar-refractivity contribution in [2.75, 3.05) is 105 Å². The molecule has 2 rings (SSSR count). The van der Waals surface area contributed by atoms with Gasteiger partial charge in [0, 0.05) is 90.3 Å². The van der Waals surface area contributed by atoms with Gasteiger partial charge >= 0.3 is 0 Å². The molecule has 45 heavy (non-hydrogen) atoms. The Labute approximate surface area is 278 Å². The molecular weight excluding hydrogens is 568 g/mol. The predicted octanol–water partition coefficient (Wildman–Crippen LogP) is 3.45. The predicted molar refractivity (Wildman–Crippen MR) is 188 cm³/mol. The highest BCUT2D eigenvalue weighted by Crippen LogP contribution is 2.20. The van der Waals surface area contributed by atoms with Crippen LogP contribution in [0.4, 0.5) is 0 Å². The maximum atomic E-state index is 12.0. The molecule has 1 unspecified atom stereocenters. The molecule has 2 aliphatic rings. The molecule has 0 aliphatic carbocycles. The van der Waals surface area contributed by atoms with Crippen molar-refractivity contribution in [2.45, 2.75) is 112 Å². The van der Waals surface area contributed by atoms with Crippen molar-refractivity contribution in [3.05, 3.63) is 0 Å². The number of nitrogens with zero attached hydrogens (tertiary/aromatic N) is 3. The van der Waals surface area contributed by atoms with E-state index in [1.54, 1.807) is 0 Å². The van der Waals surface area contributed by atoms with Gasteiger partial charge in [0.1, 0.15) is 0 Å². The summed E-state index contributed by atoms with van der Waals surface area (Å²) < 4.78 is 16.6. The van der Waals surface area contributed by atoms with Gasteiger partial charge in [-0.15, -0.1) is 0 Å². The van der Waals surface area contributed by atoms with Crippen molar-refractivity contribution >= 4 is 5.91 Å². The molecule has 2 fully saturated rings. The van der Waals surface area contributed by atoms with E-state index >= 15 is 0 Å². The van der Waals surface area contributed by atoms with Crippen molar-refractivity contribution < 1.29 is 19.0 Å². The third-order valence-corrected chi connectivity index (χ3v) is 8.48. The van der Waals surface area contributed by atoms with Crippen molar-refractivity contribution in [1.82, 2.24) is 30.7 Å². The SMILES string of the molecule is CCCOCCNC(=O)CN1CCN(CC2CCN(C(C)C)CC2)CC1.CCOCCNCC(C)(C)OCCC(C)NC(C)C. The van der Waals surface area contributed by atoms with Crippen LogP contribution in [-0.4, -0.2) is 149 Å². The Hall–Kier alpha value is -0.850. The minimum absolute atomic E-state index is 0.121. The first-order valence-electron chi connectivity index (χ1n) is 18.2. The average molecular weight is 643 g/mol. The number of hydrogen-bond acceptors (Lipinski definition) is 9. The van der Waals surface area contributed by atoms with E-state index in [0.717, 1.165) is 84.5 Å². The molecule has 0 spiro atoms. The lowest BCUT2D eigenvalue weighted by molar-refractivity contribution is -0.122. The quantitative estimate of drug-likeness (QED) is 0.154. The second-order valence-corrected chi connectivity index (χ2v) is 14.1. The fourth-order valence-electron chi connectivity index (χ4n) is 5.81. The Kier molecular flexibility index (Phi) is 23.6. The Morgan fingerprint density at radius 3 is 2.09 bits per heavy atom. The molecule has 0 aromatic heterocycles. The number of ether oxygens (including phenoxy) is 3. The van der Waals surface area contributed by atoms with Gasteiger partial charge in [-0.3, -0.25) is 9.69 Å². The van der Waals surface area contributed by atoms with Gasteiger partial charge in [-0.05, 0) is 86.2 Å². The van der Waals surface area contributed by atoms with Crippen molar-refractivity contribution in [2.24, 2.45) is 5.92 Å². The first-order valence-corrected chi connectivity index (χ1v) is 18.2. The number of piperidine rings is 1. The monoisotopic (exact) mass is 643 g/mol. The van der Waals surface area contributed by atoms with E-state index in [0.29, 0.717) is 37.8 Å². The summed E-state index contributed by atoms with van der Waals surface area (Å²) in [6.45, 7) is 34.0. The fraction of sp³-hybridized carbons (Fsp3) is 0.971. The number of carbonyl (C=O) groups is 1. The standard InChI is InChI=1S/C20H40N4O2.C15H34N2O2/c1-4-14-26-15-7-21-20(25)17-23-12-10-22(11-13-23)16-19-5-8-24(9-6-19)18(2)3;1-7-18-11-9-16-12-15(5,6)19-10-8-14(4)17-13(2)3/h18-19H,4-17H2,1-3H3,(H,21,25);13-14,16-17H,7-12H2,1-6H3. The molecule has 0 saturated carbocycles. The summed E-state index contributed by atoms with van der Waals surface area (Å²) >= 11 is 0. The number of likely N-dealkylation sites (tertiary alicyclic amines) is 1. The van der Waals surface area contributed by atoms with Gasteiger partial charge in [-0.1, -0.05) is 20.8 Å². The smallest absolute Gasteiger partial charge is 0.234 e. The van der Waals surface area contributed by atoms with Gasteiger partial charge in [-0.2, -0.15) is 0 Å². The Morgan fingerprint density at radius 1 is 0.844 bits per heavy atom. The van der Waals surface area contributed by atoms with Gasteiger partial charge < -0.3 is 40.0 Å². The molecule has 0 aromatic rings.